The molecule has 0 radical (unpaired) electrons. The molecule has 3 aromatic rings. The lowest BCUT2D eigenvalue weighted by atomic mass is 10.1. The number of nitrogens with zero attached hydrogens (tertiary/aromatic N) is 1. The molecule has 0 fully saturated rings. The number of rotatable bonds is 4. The Morgan fingerprint density at radius 3 is 2.83 bits per heavy atom. The van der Waals surface area contributed by atoms with Crippen molar-refractivity contribution in [2.75, 3.05) is 0 Å². The summed E-state index contributed by atoms with van der Waals surface area (Å²) >= 11 is 4.81. The lowest BCUT2D eigenvalue weighted by Gasteiger charge is -2.13. The van der Waals surface area contributed by atoms with E-state index in [1.165, 1.54) is 30.6 Å². The van der Waals surface area contributed by atoms with Gasteiger partial charge in [0.25, 0.3) is 0 Å². The molecular formula is C15H11F2N3O2S. The number of pyridine rings is 1. The zero-order valence-electron chi connectivity index (χ0n) is 11.6. The van der Waals surface area contributed by atoms with E-state index in [0.29, 0.717) is 5.39 Å². The summed E-state index contributed by atoms with van der Waals surface area (Å²) < 4.78 is 33.8. The minimum atomic E-state index is -1.20. The van der Waals surface area contributed by atoms with Crippen LogP contribution < -0.4 is 10.5 Å². The fourth-order valence-electron chi connectivity index (χ4n) is 2.26. The average Bonchev–Trinajstić information content (AvgIpc) is 3.02. The summed E-state index contributed by atoms with van der Waals surface area (Å²) in [5.74, 6) is -2.50. The first-order valence-electron chi connectivity index (χ1n) is 6.54. The molecule has 2 aromatic heterocycles. The number of aromatic nitrogens is 2. The standard InChI is InChI=1S/C15H11F2N3O2S/c16-11-12(17)14(9(6-21)8-2-4-20-13(8)11)22-7-1-3-19-10(5-7)15(18)23/h1-5,20-21H,6H2,(H2,18,23). The number of thiocarbonyl (C=S) groups is 1. The van der Waals surface area contributed by atoms with E-state index in [9.17, 15) is 13.9 Å². The smallest absolute Gasteiger partial charge is 0.203 e. The van der Waals surface area contributed by atoms with Gasteiger partial charge < -0.3 is 20.6 Å². The van der Waals surface area contributed by atoms with Gasteiger partial charge >= 0.3 is 0 Å². The largest absolute Gasteiger partial charge is 0.454 e. The van der Waals surface area contributed by atoms with Gasteiger partial charge in [0, 0.05) is 29.4 Å². The van der Waals surface area contributed by atoms with Crippen LogP contribution in [0.3, 0.4) is 0 Å². The number of H-pyrrole nitrogens is 1. The van der Waals surface area contributed by atoms with Crippen LogP contribution >= 0.6 is 12.2 Å². The van der Waals surface area contributed by atoms with E-state index in [1.54, 1.807) is 0 Å². The first kappa shape index (κ1) is 15.3. The molecule has 0 bridgehead atoms. The predicted molar refractivity (Wildman–Crippen MR) is 84.3 cm³/mol. The molecule has 8 heteroatoms. The Morgan fingerprint density at radius 1 is 1.35 bits per heavy atom. The van der Waals surface area contributed by atoms with Crippen molar-refractivity contribution in [1.82, 2.24) is 9.97 Å². The van der Waals surface area contributed by atoms with E-state index in [4.69, 9.17) is 22.7 Å². The quantitative estimate of drug-likeness (QED) is 0.639. The van der Waals surface area contributed by atoms with Gasteiger partial charge in [-0.2, -0.15) is 4.39 Å². The molecular weight excluding hydrogens is 324 g/mol. The highest BCUT2D eigenvalue weighted by atomic mass is 32.1. The van der Waals surface area contributed by atoms with E-state index >= 15 is 0 Å². The van der Waals surface area contributed by atoms with Crippen molar-refractivity contribution < 1.29 is 18.6 Å². The number of aliphatic hydroxyl groups is 1. The Hall–Kier alpha value is -2.58. The van der Waals surface area contributed by atoms with Crippen LogP contribution in [0.1, 0.15) is 11.3 Å². The number of benzene rings is 1. The van der Waals surface area contributed by atoms with Crippen LogP contribution in [-0.2, 0) is 6.61 Å². The molecule has 4 N–H and O–H groups in total. The molecule has 0 aliphatic rings. The third kappa shape index (κ3) is 2.62. The molecule has 0 atom stereocenters. The minimum absolute atomic E-state index is 0.0301. The van der Waals surface area contributed by atoms with Gasteiger partial charge in [-0.1, -0.05) is 12.2 Å². The van der Waals surface area contributed by atoms with Gasteiger partial charge in [-0.25, -0.2) is 4.39 Å². The van der Waals surface area contributed by atoms with Crippen molar-refractivity contribution in [1.29, 1.82) is 0 Å². The van der Waals surface area contributed by atoms with Crippen LogP contribution in [0, 0.1) is 11.6 Å². The summed E-state index contributed by atoms with van der Waals surface area (Å²) in [4.78, 5) is 6.58. The van der Waals surface area contributed by atoms with Crippen molar-refractivity contribution in [2.45, 2.75) is 6.61 Å². The van der Waals surface area contributed by atoms with Crippen molar-refractivity contribution in [3.63, 3.8) is 0 Å². The number of halogens is 2. The molecule has 0 unspecified atom stereocenters. The van der Waals surface area contributed by atoms with E-state index in [0.717, 1.165) is 0 Å². The van der Waals surface area contributed by atoms with Crippen LogP contribution in [0.25, 0.3) is 10.9 Å². The highest BCUT2D eigenvalue weighted by molar-refractivity contribution is 7.80. The van der Waals surface area contributed by atoms with Crippen molar-refractivity contribution in [3.05, 3.63) is 53.5 Å². The number of nitrogens with two attached hydrogens (primary N) is 1. The molecule has 118 valence electrons. The molecule has 5 nitrogen and oxygen atoms in total. The van der Waals surface area contributed by atoms with E-state index in [-0.39, 0.29) is 27.5 Å². The van der Waals surface area contributed by atoms with Crippen LogP contribution in [0.15, 0.2) is 30.6 Å². The molecule has 0 aliphatic carbocycles. The molecule has 0 aliphatic heterocycles. The van der Waals surface area contributed by atoms with Gasteiger partial charge in [0.1, 0.15) is 16.4 Å². The third-order valence-electron chi connectivity index (χ3n) is 3.32. The number of ether oxygens (including phenoxy) is 1. The summed E-state index contributed by atoms with van der Waals surface area (Å²) in [6, 6.07) is 4.38. The normalized spacial score (nSPS) is 10.9. The van der Waals surface area contributed by atoms with Crippen molar-refractivity contribution >= 4 is 28.1 Å². The summed E-state index contributed by atoms with van der Waals surface area (Å²) in [5.41, 5.74) is 5.87. The van der Waals surface area contributed by atoms with Gasteiger partial charge in [-0.15, -0.1) is 0 Å². The van der Waals surface area contributed by atoms with Crippen molar-refractivity contribution in [2.24, 2.45) is 5.73 Å². The van der Waals surface area contributed by atoms with Crippen LogP contribution in [0.5, 0.6) is 11.5 Å². The van der Waals surface area contributed by atoms with Gasteiger partial charge in [-0.05, 0) is 12.1 Å². The van der Waals surface area contributed by atoms with E-state index in [2.05, 4.69) is 9.97 Å². The van der Waals surface area contributed by atoms with Gasteiger partial charge in [0.2, 0.25) is 5.82 Å². The highest BCUT2D eigenvalue weighted by Crippen LogP contribution is 2.36. The lowest BCUT2D eigenvalue weighted by molar-refractivity contribution is 0.275. The second-order valence-electron chi connectivity index (χ2n) is 4.70. The number of aromatic amines is 1. The van der Waals surface area contributed by atoms with E-state index in [1.807, 2.05) is 0 Å². The Labute approximate surface area is 134 Å². The number of hydrogen-bond donors (Lipinski definition) is 3. The average molecular weight is 335 g/mol. The fourth-order valence-corrected chi connectivity index (χ4v) is 2.37. The predicted octanol–water partition coefficient (Wildman–Crippen LogP) is 2.76. The maximum absolute atomic E-state index is 14.3. The molecule has 0 saturated heterocycles. The van der Waals surface area contributed by atoms with Crippen LogP contribution in [-0.4, -0.2) is 20.1 Å². The molecule has 0 saturated carbocycles. The second kappa shape index (κ2) is 5.90. The fraction of sp³-hybridized carbons (Fsp3) is 0.0667. The Morgan fingerprint density at radius 2 is 2.13 bits per heavy atom. The molecule has 23 heavy (non-hydrogen) atoms. The Balaban J connectivity index is 2.14. The maximum atomic E-state index is 14.3. The zero-order valence-corrected chi connectivity index (χ0v) is 12.5. The lowest BCUT2D eigenvalue weighted by Crippen LogP contribution is -2.11. The first-order chi connectivity index (χ1) is 11.0. The monoisotopic (exact) mass is 335 g/mol. The zero-order chi connectivity index (χ0) is 16.6. The number of fused-ring (bicyclic) bond motifs is 1. The maximum Gasteiger partial charge on any atom is 0.203 e. The number of aliphatic hydroxyl groups excluding tert-OH is 1. The van der Waals surface area contributed by atoms with Gasteiger partial charge in [0.15, 0.2) is 11.6 Å². The molecule has 2 heterocycles. The molecule has 0 amide bonds. The van der Waals surface area contributed by atoms with E-state index < -0.39 is 24.0 Å². The Kier molecular flexibility index (Phi) is 3.93. The van der Waals surface area contributed by atoms with Crippen molar-refractivity contribution in [3.8, 4) is 11.5 Å². The number of nitrogens with one attached hydrogen (secondary N) is 1. The summed E-state index contributed by atoms with van der Waals surface area (Å²) in [7, 11) is 0. The second-order valence-corrected chi connectivity index (χ2v) is 5.14. The molecule has 1 aromatic carbocycles. The molecule has 0 spiro atoms. The number of hydrogen-bond acceptors (Lipinski definition) is 4. The molecule has 3 rings (SSSR count). The van der Waals surface area contributed by atoms with Crippen LogP contribution in [0.4, 0.5) is 8.78 Å². The SMILES string of the molecule is NC(=S)c1cc(Oc2c(F)c(F)c3[nH]ccc3c2CO)ccn1. The van der Waals surface area contributed by atoms with Gasteiger partial charge in [-0.3, -0.25) is 4.98 Å². The minimum Gasteiger partial charge on any atom is -0.454 e. The topological polar surface area (TPSA) is 84.2 Å². The van der Waals surface area contributed by atoms with Crippen LogP contribution in [0.2, 0.25) is 0 Å². The highest BCUT2D eigenvalue weighted by Gasteiger charge is 2.22. The third-order valence-corrected chi connectivity index (χ3v) is 3.53. The summed E-state index contributed by atoms with van der Waals surface area (Å²) in [6.45, 7) is -0.520. The summed E-state index contributed by atoms with van der Waals surface area (Å²) in [5, 5.41) is 9.87. The van der Waals surface area contributed by atoms with Gasteiger partial charge in [0.05, 0.1) is 12.1 Å². The Bertz CT molecular complexity index is 911. The summed E-state index contributed by atoms with van der Waals surface area (Å²) in [6.07, 6.45) is 2.83. The first-order valence-corrected chi connectivity index (χ1v) is 6.95.